The molecule has 4 rings (SSSR count). The Hall–Kier alpha value is -2.20. The van der Waals surface area contributed by atoms with Crippen LogP contribution in [0.1, 0.15) is 34.2 Å². The zero-order valence-electron chi connectivity index (χ0n) is 12.5. The number of carbonyl (C=O) groups is 1. The minimum atomic E-state index is 0.112. The third kappa shape index (κ3) is 2.20. The van der Waals surface area contributed by atoms with Gasteiger partial charge in [-0.15, -0.1) is 0 Å². The lowest BCUT2D eigenvalue weighted by atomic mass is 10.1. The van der Waals surface area contributed by atoms with Gasteiger partial charge in [0.15, 0.2) is 0 Å². The van der Waals surface area contributed by atoms with E-state index in [1.807, 2.05) is 41.4 Å². The van der Waals surface area contributed by atoms with Crippen molar-refractivity contribution >= 4 is 5.91 Å². The molecule has 4 nitrogen and oxygen atoms in total. The number of hydrogen-bond donors (Lipinski definition) is 0. The first-order chi connectivity index (χ1) is 10.8. The Bertz CT molecular complexity index is 686. The normalized spacial score (nSPS) is 20.8. The van der Waals surface area contributed by atoms with E-state index < -0.39 is 0 Å². The fraction of sp³-hybridized carbons (Fsp3) is 0.333. The van der Waals surface area contributed by atoms with E-state index in [1.54, 1.807) is 0 Å². The third-order valence-corrected chi connectivity index (χ3v) is 4.60. The zero-order chi connectivity index (χ0) is 14.9. The van der Waals surface area contributed by atoms with Crippen LogP contribution in [0.3, 0.4) is 0 Å². The summed E-state index contributed by atoms with van der Waals surface area (Å²) in [6, 6.07) is 14.1. The fourth-order valence-corrected chi connectivity index (χ4v) is 3.57. The number of benzene rings is 1. The van der Waals surface area contributed by atoms with Gasteiger partial charge in [0.05, 0.1) is 0 Å². The largest absolute Gasteiger partial charge is 0.319 e. The summed E-state index contributed by atoms with van der Waals surface area (Å²) < 4.78 is 0. The average molecular weight is 293 g/mol. The van der Waals surface area contributed by atoms with Gasteiger partial charge in [0, 0.05) is 49.1 Å². The average Bonchev–Trinajstić information content (AvgIpc) is 2.88. The molecule has 2 aromatic rings. The minimum Gasteiger partial charge on any atom is -0.319 e. The summed E-state index contributed by atoms with van der Waals surface area (Å²) in [7, 11) is 0. The maximum Gasteiger partial charge on any atom is 0.255 e. The maximum absolute atomic E-state index is 12.5. The van der Waals surface area contributed by atoms with Crippen molar-refractivity contribution in [2.24, 2.45) is 0 Å². The molecule has 112 valence electrons. The van der Waals surface area contributed by atoms with Crippen LogP contribution in [0.25, 0.3) is 0 Å². The molecule has 0 unspecified atom stereocenters. The van der Waals surface area contributed by atoms with Crippen molar-refractivity contribution in [2.45, 2.75) is 19.0 Å². The first-order valence-corrected chi connectivity index (χ1v) is 7.88. The monoisotopic (exact) mass is 293 g/mol. The molecule has 0 bridgehead atoms. The van der Waals surface area contributed by atoms with Gasteiger partial charge in [-0.3, -0.25) is 14.7 Å². The Kier molecular flexibility index (Phi) is 3.39. The van der Waals surface area contributed by atoms with E-state index in [-0.39, 0.29) is 12.1 Å². The molecule has 0 N–H and O–H groups in total. The van der Waals surface area contributed by atoms with Gasteiger partial charge in [-0.25, -0.2) is 0 Å². The summed E-state index contributed by atoms with van der Waals surface area (Å²) in [5, 5.41) is 0. The summed E-state index contributed by atoms with van der Waals surface area (Å²) >= 11 is 0. The molecule has 0 aliphatic carbocycles. The van der Waals surface area contributed by atoms with Crippen LogP contribution < -0.4 is 0 Å². The first-order valence-electron chi connectivity index (χ1n) is 7.88. The summed E-state index contributed by atoms with van der Waals surface area (Å²) in [5.74, 6) is 0.183. The Balaban J connectivity index is 1.57. The number of hydrogen-bond acceptors (Lipinski definition) is 3. The quantitative estimate of drug-likeness (QED) is 0.872. The summed E-state index contributed by atoms with van der Waals surface area (Å²) in [6.07, 6.45) is 3.91. The standard InChI is InChI=1S/C18H19N3O/c22-18-16-8-2-1-7-15(16)17-20(11-5-12-21(17)18)13-9-14-6-3-4-10-19-14/h1-4,6-8,10,17H,5,9,11-13H2/t17-/m0/s1. The number of carbonyl (C=O) groups excluding carboxylic acids is 1. The lowest BCUT2D eigenvalue weighted by molar-refractivity contribution is 0.0169. The van der Waals surface area contributed by atoms with Gasteiger partial charge in [-0.1, -0.05) is 24.3 Å². The zero-order valence-corrected chi connectivity index (χ0v) is 12.5. The molecule has 22 heavy (non-hydrogen) atoms. The molecule has 1 aromatic heterocycles. The molecular formula is C18H19N3O. The number of aromatic nitrogens is 1. The molecule has 2 aliphatic heterocycles. The predicted octanol–water partition coefficient (Wildman–Crippen LogP) is 2.48. The number of nitrogens with zero attached hydrogens (tertiary/aromatic N) is 3. The smallest absolute Gasteiger partial charge is 0.255 e. The van der Waals surface area contributed by atoms with Crippen molar-refractivity contribution in [3.05, 3.63) is 65.5 Å². The van der Waals surface area contributed by atoms with E-state index in [1.165, 1.54) is 0 Å². The van der Waals surface area contributed by atoms with Gasteiger partial charge in [-0.2, -0.15) is 0 Å². The first kappa shape index (κ1) is 13.5. The van der Waals surface area contributed by atoms with Crippen molar-refractivity contribution in [3.8, 4) is 0 Å². The number of rotatable bonds is 3. The van der Waals surface area contributed by atoms with Gasteiger partial charge in [-0.05, 0) is 24.6 Å². The van der Waals surface area contributed by atoms with E-state index in [0.717, 1.165) is 49.3 Å². The van der Waals surface area contributed by atoms with E-state index in [9.17, 15) is 4.79 Å². The van der Waals surface area contributed by atoms with E-state index in [4.69, 9.17) is 0 Å². The van der Waals surface area contributed by atoms with Crippen LogP contribution in [0, 0.1) is 0 Å². The molecular weight excluding hydrogens is 274 g/mol. The van der Waals surface area contributed by atoms with Crippen molar-refractivity contribution < 1.29 is 4.79 Å². The summed E-state index contributed by atoms with van der Waals surface area (Å²) in [6.45, 7) is 2.83. The van der Waals surface area contributed by atoms with Crippen LogP contribution in [-0.4, -0.2) is 40.3 Å². The molecule has 1 atom stereocenters. The van der Waals surface area contributed by atoms with Crippen molar-refractivity contribution in [3.63, 3.8) is 0 Å². The Morgan fingerprint density at radius 2 is 1.95 bits per heavy atom. The molecule has 0 spiro atoms. The van der Waals surface area contributed by atoms with E-state index >= 15 is 0 Å². The van der Waals surface area contributed by atoms with Crippen LogP contribution in [0.5, 0.6) is 0 Å². The topological polar surface area (TPSA) is 36.4 Å². The second kappa shape index (κ2) is 5.54. The lowest BCUT2D eigenvalue weighted by Crippen LogP contribution is -2.46. The van der Waals surface area contributed by atoms with E-state index in [2.05, 4.69) is 22.0 Å². The van der Waals surface area contributed by atoms with Crippen molar-refractivity contribution in [2.75, 3.05) is 19.6 Å². The predicted molar refractivity (Wildman–Crippen MR) is 84.4 cm³/mol. The Morgan fingerprint density at radius 3 is 2.82 bits per heavy atom. The fourth-order valence-electron chi connectivity index (χ4n) is 3.57. The second-order valence-corrected chi connectivity index (χ2v) is 5.92. The van der Waals surface area contributed by atoms with Gasteiger partial charge >= 0.3 is 0 Å². The summed E-state index contributed by atoms with van der Waals surface area (Å²) in [4.78, 5) is 21.4. The molecule has 4 heteroatoms. The molecule has 3 heterocycles. The van der Waals surface area contributed by atoms with Gasteiger partial charge in [0.1, 0.15) is 6.17 Å². The molecule has 1 fully saturated rings. The number of fused-ring (bicyclic) bond motifs is 3. The third-order valence-electron chi connectivity index (χ3n) is 4.60. The molecule has 0 saturated carbocycles. The highest BCUT2D eigenvalue weighted by molar-refractivity contribution is 5.99. The van der Waals surface area contributed by atoms with Crippen molar-refractivity contribution in [1.29, 1.82) is 0 Å². The molecule has 1 amide bonds. The molecule has 1 aromatic carbocycles. The van der Waals surface area contributed by atoms with E-state index in [0.29, 0.717) is 0 Å². The minimum absolute atomic E-state index is 0.112. The number of pyridine rings is 1. The van der Waals surface area contributed by atoms with Gasteiger partial charge < -0.3 is 4.90 Å². The van der Waals surface area contributed by atoms with Gasteiger partial charge in [0.25, 0.3) is 5.91 Å². The highest BCUT2D eigenvalue weighted by Crippen LogP contribution is 2.38. The lowest BCUT2D eigenvalue weighted by Gasteiger charge is -2.40. The second-order valence-electron chi connectivity index (χ2n) is 5.92. The SMILES string of the molecule is O=C1c2ccccc2[C@H]2N(CCc3ccccn3)CCCN12. The van der Waals surface area contributed by atoms with Crippen LogP contribution in [0.2, 0.25) is 0 Å². The highest BCUT2D eigenvalue weighted by atomic mass is 16.2. The van der Waals surface area contributed by atoms with Crippen LogP contribution in [0.15, 0.2) is 48.7 Å². The molecule has 0 radical (unpaired) electrons. The van der Waals surface area contributed by atoms with Gasteiger partial charge in [0.2, 0.25) is 0 Å². The molecule has 1 saturated heterocycles. The van der Waals surface area contributed by atoms with Crippen LogP contribution >= 0.6 is 0 Å². The Morgan fingerprint density at radius 1 is 1.09 bits per heavy atom. The number of amides is 1. The molecule has 2 aliphatic rings. The summed E-state index contributed by atoms with van der Waals surface area (Å²) in [5.41, 5.74) is 3.14. The van der Waals surface area contributed by atoms with Crippen LogP contribution in [-0.2, 0) is 6.42 Å². The Labute approximate surface area is 130 Å². The highest BCUT2D eigenvalue weighted by Gasteiger charge is 2.41. The maximum atomic E-state index is 12.5. The van der Waals surface area contributed by atoms with Crippen LogP contribution in [0.4, 0.5) is 0 Å². The van der Waals surface area contributed by atoms with Crippen molar-refractivity contribution in [1.82, 2.24) is 14.8 Å².